The molecular formula is C18H25N3O3. The van der Waals surface area contributed by atoms with Crippen LogP contribution in [0.3, 0.4) is 0 Å². The van der Waals surface area contributed by atoms with Gasteiger partial charge in [0.25, 0.3) is 0 Å². The third-order valence-electron chi connectivity index (χ3n) is 4.68. The zero-order valence-electron chi connectivity index (χ0n) is 14.1. The average molecular weight is 331 g/mol. The summed E-state index contributed by atoms with van der Waals surface area (Å²) < 4.78 is 5.79. The first-order chi connectivity index (χ1) is 11.7. The molecule has 3 N–H and O–H groups in total. The molecule has 1 aromatic rings. The van der Waals surface area contributed by atoms with E-state index in [9.17, 15) is 9.59 Å². The highest BCUT2D eigenvalue weighted by Crippen LogP contribution is 2.33. The van der Waals surface area contributed by atoms with E-state index < -0.39 is 6.04 Å². The largest absolute Gasteiger partial charge is 0.492 e. The fourth-order valence-electron chi connectivity index (χ4n) is 3.36. The van der Waals surface area contributed by atoms with E-state index in [0.717, 1.165) is 37.4 Å². The van der Waals surface area contributed by atoms with E-state index in [2.05, 4.69) is 28.1 Å². The van der Waals surface area contributed by atoms with Crippen molar-refractivity contribution in [1.82, 2.24) is 10.6 Å². The summed E-state index contributed by atoms with van der Waals surface area (Å²) in [4.78, 5) is 23.2. The Hall–Kier alpha value is -2.08. The fourth-order valence-corrected chi connectivity index (χ4v) is 3.36. The van der Waals surface area contributed by atoms with Crippen molar-refractivity contribution in [3.8, 4) is 5.75 Å². The van der Waals surface area contributed by atoms with E-state index in [1.807, 2.05) is 13.0 Å². The number of imide groups is 1. The number of hydrogen-bond donors (Lipinski definition) is 3. The molecule has 130 valence electrons. The van der Waals surface area contributed by atoms with Gasteiger partial charge >= 0.3 is 0 Å². The van der Waals surface area contributed by atoms with Crippen molar-refractivity contribution < 1.29 is 14.3 Å². The molecule has 2 fully saturated rings. The highest BCUT2D eigenvalue weighted by molar-refractivity contribution is 6.01. The number of rotatable bonds is 5. The van der Waals surface area contributed by atoms with Crippen LogP contribution in [0, 0.1) is 0 Å². The van der Waals surface area contributed by atoms with Crippen LogP contribution < -0.4 is 20.7 Å². The minimum atomic E-state index is -0.397. The predicted molar refractivity (Wildman–Crippen MR) is 92.3 cm³/mol. The quantitative estimate of drug-likeness (QED) is 0.717. The summed E-state index contributed by atoms with van der Waals surface area (Å²) in [5.74, 6) is 0.855. The van der Waals surface area contributed by atoms with Crippen molar-refractivity contribution in [2.24, 2.45) is 0 Å². The standard InChI is InChI=1S/C18H25N3O3/c1-2-24-16-11-13(12-7-9-19-10-8-12)3-4-14(16)20-15-5-6-17(22)21-18(15)23/h3-4,11-12,15,19-20H,2,5-10H2,1H3,(H,21,22,23). The SMILES string of the molecule is CCOc1cc(C2CCNCC2)ccc1NC1CCC(=O)NC1=O. The molecule has 0 radical (unpaired) electrons. The van der Waals surface area contributed by atoms with E-state index in [0.29, 0.717) is 25.4 Å². The summed E-state index contributed by atoms with van der Waals surface area (Å²) in [7, 11) is 0. The zero-order valence-corrected chi connectivity index (χ0v) is 14.1. The Balaban J connectivity index is 1.76. The molecule has 2 heterocycles. The highest BCUT2D eigenvalue weighted by atomic mass is 16.5. The maximum Gasteiger partial charge on any atom is 0.249 e. The molecule has 3 rings (SSSR count). The second kappa shape index (κ2) is 7.66. The molecule has 2 amide bonds. The maximum atomic E-state index is 12.0. The minimum absolute atomic E-state index is 0.204. The fraction of sp³-hybridized carbons (Fsp3) is 0.556. The average Bonchev–Trinajstić information content (AvgIpc) is 2.59. The molecule has 2 aliphatic rings. The molecule has 1 aromatic carbocycles. The van der Waals surface area contributed by atoms with Gasteiger partial charge in [-0.05, 0) is 62.9 Å². The topological polar surface area (TPSA) is 79.5 Å². The third-order valence-corrected chi connectivity index (χ3v) is 4.68. The van der Waals surface area contributed by atoms with E-state index in [-0.39, 0.29) is 11.8 Å². The molecule has 0 aliphatic carbocycles. The number of piperidine rings is 2. The summed E-state index contributed by atoms with van der Waals surface area (Å²) >= 11 is 0. The van der Waals surface area contributed by atoms with Crippen molar-refractivity contribution in [2.45, 2.75) is 44.6 Å². The number of hydrogen-bond acceptors (Lipinski definition) is 5. The molecule has 0 aromatic heterocycles. The number of anilines is 1. The third kappa shape index (κ3) is 3.87. The van der Waals surface area contributed by atoms with E-state index in [1.165, 1.54) is 5.56 Å². The molecule has 0 saturated carbocycles. The second-order valence-electron chi connectivity index (χ2n) is 6.36. The monoisotopic (exact) mass is 331 g/mol. The van der Waals surface area contributed by atoms with Crippen LogP contribution in [0.2, 0.25) is 0 Å². The number of nitrogens with one attached hydrogen (secondary N) is 3. The number of carbonyl (C=O) groups is 2. The zero-order chi connectivity index (χ0) is 16.9. The van der Waals surface area contributed by atoms with Gasteiger partial charge in [-0.3, -0.25) is 14.9 Å². The molecule has 6 nitrogen and oxygen atoms in total. The van der Waals surface area contributed by atoms with Gasteiger partial charge < -0.3 is 15.4 Å². The molecule has 6 heteroatoms. The summed E-state index contributed by atoms with van der Waals surface area (Å²) in [6, 6.07) is 5.80. The summed E-state index contributed by atoms with van der Waals surface area (Å²) in [5.41, 5.74) is 2.10. The van der Waals surface area contributed by atoms with Crippen LogP contribution in [0.5, 0.6) is 5.75 Å². The van der Waals surface area contributed by atoms with Gasteiger partial charge in [-0.25, -0.2) is 0 Å². The maximum absolute atomic E-state index is 12.0. The Kier molecular flexibility index (Phi) is 5.35. The molecule has 1 unspecified atom stereocenters. The van der Waals surface area contributed by atoms with Gasteiger partial charge in [-0.2, -0.15) is 0 Å². The van der Waals surface area contributed by atoms with Crippen LogP contribution in [-0.2, 0) is 9.59 Å². The lowest BCUT2D eigenvalue weighted by molar-refractivity contribution is -0.133. The van der Waals surface area contributed by atoms with E-state index in [4.69, 9.17) is 4.74 Å². The van der Waals surface area contributed by atoms with Crippen LogP contribution in [0.1, 0.15) is 44.1 Å². The van der Waals surface area contributed by atoms with Crippen molar-refractivity contribution >= 4 is 17.5 Å². The molecular weight excluding hydrogens is 306 g/mol. The van der Waals surface area contributed by atoms with Gasteiger partial charge in [0.2, 0.25) is 11.8 Å². The smallest absolute Gasteiger partial charge is 0.249 e. The second-order valence-corrected chi connectivity index (χ2v) is 6.36. The molecule has 2 saturated heterocycles. The van der Waals surface area contributed by atoms with Crippen LogP contribution in [0.25, 0.3) is 0 Å². The summed E-state index contributed by atoms with van der Waals surface area (Å²) in [6.45, 7) is 4.61. The van der Waals surface area contributed by atoms with Crippen molar-refractivity contribution in [2.75, 3.05) is 25.0 Å². The van der Waals surface area contributed by atoms with Gasteiger partial charge in [0.15, 0.2) is 0 Å². The Labute approximate surface area is 142 Å². The van der Waals surface area contributed by atoms with Gasteiger partial charge in [0.05, 0.1) is 12.3 Å². The Bertz CT molecular complexity index is 612. The lowest BCUT2D eigenvalue weighted by atomic mass is 9.90. The van der Waals surface area contributed by atoms with E-state index >= 15 is 0 Å². The minimum Gasteiger partial charge on any atom is -0.492 e. The summed E-state index contributed by atoms with van der Waals surface area (Å²) in [5, 5.41) is 8.99. The van der Waals surface area contributed by atoms with Crippen molar-refractivity contribution in [1.29, 1.82) is 0 Å². The van der Waals surface area contributed by atoms with Crippen molar-refractivity contribution in [3.05, 3.63) is 23.8 Å². The highest BCUT2D eigenvalue weighted by Gasteiger charge is 2.27. The lowest BCUT2D eigenvalue weighted by Crippen LogP contribution is -2.47. The van der Waals surface area contributed by atoms with Gasteiger partial charge in [-0.1, -0.05) is 6.07 Å². The Morgan fingerprint density at radius 2 is 2.00 bits per heavy atom. The van der Waals surface area contributed by atoms with Crippen LogP contribution in [0.4, 0.5) is 5.69 Å². The first-order valence-electron chi connectivity index (χ1n) is 8.75. The Morgan fingerprint density at radius 1 is 1.21 bits per heavy atom. The number of ether oxygens (including phenoxy) is 1. The number of amides is 2. The lowest BCUT2D eigenvalue weighted by Gasteiger charge is -2.26. The van der Waals surface area contributed by atoms with Crippen LogP contribution >= 0.6 is 0 Å². The summed E-state index contributed by atoms with van der Waals surface area (Å²) in [6.07, 6.45) is 3.13. The van der Waals surface area contributed by atoms with E-state index in [1.54, 1.807) is 0 Å². The van der Waals surface area contributed by atoms with Crippen LogP contribution in [-0.4, -0.2) is 37.6 Å². The van der Waals surface area contributed by atoms with Gasteiger partial charge in [0, 0.05) is 6.42 Å². The molecule has 0 spiro atoms. The van der Waals surface area contributed by atoms with Gasteiger partial charge in [-0.15, -0.1) is 0 Å². The molecule has 2 aliphatic heterocycles. The van der Waals surface area contributed by atoms with Crippen molar-refractivity contribution in [3.63, 3.8) is 0 Å². The first kappa shape index (κ1) is 16.8. The molecule has 0 bridgehead atoms. The van der Waals surface area contributed by atoms with Crippen LogP contribution in [0.15, 0.2) is 18.2 Å². The first-order valence-corrected chi connectivity index (χ1v) is 8.75. The number of benzene rings is 1. The Morgan fingerprint density at radius 3 is 2.71 bits per heavy atom. The predicted octanol–water partition coefficient (Wildman–Crippen LogP) is 1.77. The van der Waals surface area contributed by atoms with Gasteiger partial charge in [0.1, 0.15) is 11.8 Å². The molecule has 1 atom stereocenters. The molecule has 24 heavy (non-hydrogen) atoms. The normalized spacial score (nSPS) is 22.1. The number of carbonyl (C=O) groups excluding carboxylic acids is 2.